The first kappa shape index (κ1) is 11.7. The van der Waals surface area contributed by atoms with Crippen molar-refractivity contribution in [2.45, 2.75) is 26.3 Å². The highest BCUT2D eigenvalue weighted by Crippen LogP contribution is 2.15. The molecule has 1 aromatic rings. The maximum Gasteiger partial charge on any atom is 0.221 e. The Morgan fingerprint density at radius 1 is 1.79 bits per heavy atom. The van der Waals surface area contributed by atoms with Crippen molar-refractivity contribution in [3.8, 4) is 0 Å². The SMILES string of the molecule is Cc1nc(C(C)NC(=O)CCBr)cs1. The lowest BCUT2D eigenvalue weighted by Gasteiger charge is -2.10. The maximum absolute atomic E-state index is 11.3. The zero-order valence-electron chi connectivity index (χ0n) is 8.21. The van der Waals surface area contributed by atoms with Crippen LogP contribution in [0.25, 0.3) is 0 Å². The van der Waals surface area contributed by atoms with Crippen molar-refractivity contribution in [1.29, 1.82) is 0 Å². The number of hydrogen-bond acceptors (Lipinski definition) is 3. The number of alkyl halides is 1. The number of carbonyl (C=O) groups is 1. The number of hydrogen-bond donors (Lipinski definition) is 1. The summed E-state index contributed by atoms with van der Waals surface area (Å²) in [5.74, 6) is 0.0556. The largest absolute Gasteiger partial charge is 0.348 e. The summed E-state index contributed by atoms with van der Waals surface area (Å²) in [5.41, 5.74) is 0.940. The van der Waals surface area contributed by atoms with E-state index < -0.39 is 0 Å². The van der Waals surface area contributed by atoms with E-state index in [9.17, 15) is 4.79 Å². The molecule has 78 valence electrons. The van der Waals surface area contributed by atoms with Gasteiger partial charge >= 0.3 is 0 Å². The Labute approximate surface area is 96.1 Å². The molecule has 1 atom stereocenters. The van der Waals surface area contributed by atoms with Crippen LogP contribution in [0, 0.1) is 6.92 Å². The molecule has 0 aromatic carbocycles. The Kier molecular flexibility index (Phi) is 4.54. The molecule has 0 saturated heterocycles. The lowest BCUT2D eigenvalue weighted by molar-refractivity contribution is -0.121. The van der Waals surface area contributed by atoms with Crippen LogP contribution in [0.2, 0.25) is 0 Å². The molecule has 0 aliphatic carbocycles. The normalized spacial score (nSPS) is 12.5. The first-order valence-corrected chi connectivity index (χ1v) is 6.41. The molecule has 1 heterocycles. The summed E-state index contributed by atoms with van der Waals surface area (Å²) in [7, 11) is 0. The standard InChI is InChI=1S/C9H13BrN2OS/c1-6(11-9(13)3-4-10)8-5-14-7(2)12-8/h5-6H,3-4H2,1-2H3,(H,11,13). The van der Waals surface area contributed by atoms with Gasteiger partial charge in [-0.05, 0) is 13.8 Å². The predicted octanol–water partition coefficient (Wildman–Crippen LogP) is 2.41. The molecule has 0 spiro atoms. The van der Waals surface area contributed by atoms with Crippen molar-refractivity contribution in [1.82, 2.24) is 10.3 Å². The molecule has 0 aliphatic heterocycles. The molecule has 1 rings (SSSR count). The van der Waals surface area contributed by atoms with Gasteiger partial charge in [-0.15, -0.1) is 11.3 Å². The molecule has 0 fully saturated rings. The molecule has 1 N–H and O–H groups in total. The van der Waals surface area contributed by atoms with E-state index >= 15 is 0 Å². The second-order valence-electron chi connectivity index (χ2n) is 3.02. The van der Waals surface area contributed by atoms with Gasteiger partial charge in [0.2, 0.25) is 5.91 Å². The van der Waals surface area contributed by atoms with Gasteiger partial charge in [-0.2, -0.15) is 0 Å². The zero-order valence-corrected chi connectivity index (χ0v) is 10.6. The van der Waals surface area contributed by atoms with Crippen molar-refractivity contribution in [3.05, 3.63) is 16.1 Å². The summed E-state index contributed by atoms with van der Waals surface area (Å²) in [5, 5.41) is 6.59. The quantitative estimate of drug-likeness (QED) is 0.859. The number of aryl methyl sites for hydroxylation is 1. The van der Waals surface area contributed by atoms with Crippen LogP contribution in [0.4, 0.5) is 0 Å². The summed E-state index contributed by atoms with van der Waals surface area (Å²) < 4.78 is 0. The first-order chi connectivity index (χ1) is 6.63. The Bertz CT molecular complexity index is 314. The Hall–Kier alpha value is -0.420. The van der Waals surface area contributed by atoms with E-state index in [4.69, 9.17) is 0 Å². The van der Waals surface area contributed by atoms with Crippen LogP contribution in [0.15, 0.2) is 5.38 Å². The van der Waals surface area contributed by atoms with E-state index in [2.05, 4.69) is 26.2 Å². The molecule has 1 aromatic heterocycles. The number of halogens is 1. The number of aromatic nitrogens is 1. The second-order valence-corrected chi connectivity index (χ2v) is 4.87. The average Bonchev–Trinajstić information content (AvgIpc) is 2.52. The summed E-state index contributed by atoms with van der Waals surface area (Å²) in [6.07, 6.45) is 0.507. The van der Waals surface area contributed by atoms with E-state index in [1.165, 1.54) is 0 Å². The van der Waals surface area contributed by atoms with Crippen molar-refractivity contribution in [2.75, 3.05) is 5.33 Å². The summed E-state index contributed by atoms with van der Waals surface area (Å²) in [6.45, 7) is 3.90. The molecule has 0 saturated carbocycles. The zero-order chi connectivity index (χ0) is 10.6. The number of thiazole rings is 1. The Morgan fingerprint density at radius 3 is 3.00 bits per heavy atom. The number of amides is 1. The summed E-state index contributed by atoms with van der Waals surface area (Å²) in [4.78, 5) is 15.6. The van der Waals surface area contributed by atoms with Crippen LogP contribution in [0.1, 0.15) is 30.1 Å². The maximum atomic E-state index is 11.3. The van der Waals surface area contributed by atoms with Crippen LogP contribution in [0.3, 0.4) is 0 Å². The minimum atomic E-state index is 0.00602. The number of rotatable bonds is 4. The van der Waals surface area contributed by atoms with Crippen molar-refractivity contribution >= 4 is 33.2 Å². The predicted molar refractivity (Wildman–Crippen MR) is 61.8 cm³/mol. The fraction of sp³-hybridized carbons (Fsp3) is 0.556. The number of nitrogens with one attached hydrogen (secondary N) is 1. The highest BCUT2D eigenvalue weighted by Gasteiger charge is 2.11. The van der Waals surface area contributed by atoms with Crippen LogP contribution in [0.5, 0.6) is 0 Å². The molecule has 0 bridgehead atoms. The van der Waals surface area contributed by atoms with E-state index in [1.54, 1.807) is 11.3 Å². The molecule has 14 heavy (non-hydrogen) atoms. The van der Waals surface area contributed by atoms with Crippen molar-refractivity contribution < 1.29 is 4.79 Å². The van der Waals surface area contributed by atoms with Gasteiger partial charge in [-0.1, -0.05) is 15.9 Å². The van der Waals surface area contributed by atoms with Gasteiger partial charge in [0.1, 0.15) is 0 Å². The highest BCUT2D eigenvalue weighted by atomic mass is 79.9. The van der Waals surface area contributed by atoms with Crippen LogP contribution in [-0.4, -0.2) is 16.2 Å². The minimum Gasteiger partial charge on any atom is -0.348 e. The van der Waals surface area contributed by atoms with Gasteiger partial charge < -0.3 is 5.32 Å². The molecule has 0 radical (unpaired) electrons. The van der Waals surface area contributed by atoms with Crippen LogP contribution >= 0.6 is 27.3 Å². The Morgan fingerprint density at radius 2 is 2.50 bits per heavy atom. The van der Waals surface area contributed by atoms with Gasteiger partial charge in [0, 0.05) is 17.1 Å². The van der Waals surface area contributed by atoms with Gasteiger partial charge in [-0.25, -0.2) is 4.98 Å². The third-order valence-corrected chi connectivity index (χ3v) is 2.97. The highest BCUT2D eigenvalue weighted by molar-refractivity contribution is 9.09. The van der Waals surface area contributed by atoms with Gasteiger partial charge in [-0.3, -0.25) is 4.79 Å². The van der Waals surface area contributed by atoms with Crippen LogP contribution < -0.4 is 5.32 Å². The molecule has 1 amide bonds. The monoisotopic (exact) mass is 276 g/mol. The summed E-state index contributed by atoms with van der Waals surface area (Å²) >= 11 is 4.83. The van der Waals surface area contributed by atoms with Gasteiger partial charge in [0.25, 0.3) is 0 Å². The van der Waals surface area contributed by atoms with E-state index in [0.29, 0.717) is 11.8 Å². The molecular weight excluding hydrogens is 264 g/mol. The summed E-state index contributed by atoms with van der Waals surface area (Å²) in [6, 6.07) is 0.00602. The van der Waals surface area contributed by atoms with E-state index in [0.717, 1.165) is 10.7 Å². The topological polar surface area (TPSA) is 42.0 Å². The number of nitrogens with zero attached hydrogens (tertiary/aromatic N) is 1. The third kappa shape index (κ3) is 3.38. The fourth-order valence-electron chi connectivity index (χ4n) is 1.05. The van der Waals surface area contributed by atoms with Crippen molar-refractivity contribution in [3.63, 3.8) is 0 Å². The lowest BCUT2D eigenvalue weighted by Crippen LogP contribution is -2.26. The molecular formula is C9H13BrN2OS. The third-order valence-electron chi connectivity index (χ3n) is 1.78. The molecule has 3 nitrogen and oxygen atoms in total. The number of carbonyl (C=O) groups excluding carboxylic acids is 1. The van der Waals surface area contributed by atoms with E-state index in [1.807, 2.05) is 19.2 Å². The van der Waals surface area contributed by atoms with Crippen LogP contribution in [-0.2, 0) is 4.79 Å². The first-order valence-electron chi connectivity index (χ1n) is 4.41. The van der Waals surface area contributed by atoms with Gasteiger partial charge in [0.15, 0.2) is 0 Å². The fourth-order valence-corrected chi connectivity index (χ4v) is 2.12. The molecule has 0 aliphatic rings. The average molecular weight is 277 g/mol. The lowest BCUT2D eigenvalue weighted by atomic mass is 10.2. The van der Waals surface area contributed by atoms with E-state index in [-0.39, 0.29) is 11.9 Å². The molecule has 5 heteroatoms. The minimum absolute atomic E-state index is 0.00602. The van der Waals surface area contributed by atoms with Crippen molar-refractivity contribution in [2.24, 2.45) is 0 Å². The smallest absolute Gasteiger partial charge is 0.221 e. The second kappa shape index (κ2) is 5.46. The van der Waals surface area contributed by atoms with Gasteiger partial charge in [0.05, 0.1) is 16.7 Å². The Balaban J connectivity index is 2.50. The molecule has 1 unspecified atom stereocenters.